The van der Waals surface area contributed by atoms with Crippen LogP contribution in [0.15, 0.2) is 0 Å². The molecular weight excluding hydrogens is 244 g/mol. The third-order valence-electron chi connectivity index (χ3n) is 4.31. The highest BCUT2D eigenvalue weighted by Gasteiger charge is 2.37. The highest BCUT2D eigenvalue weighted by Crippen LogP contribution is 2.29. The van der Waals surface area contributed by atoms with Gasteiger partial charge in [-0.05, 0) is 46.0 Å². The van der Waals surface area contributed by atoms with Gasteiger partial charge in [-0.3, -0.25) is 14.5 Å². The average molecular weight is 268 g/mol. The van der Waals surface area contributed by atoms with Gasteiger partial charge in [0.15, 0.2) is 0 Å². The van der Waals surface area contributed by atoms with Crippen LogP contribution in [0.3, 0.4) is 0 Å². The first-order valence-electron chi connectivity index (χ1n) is 7.28. The van der Waals surface area contributed by atoms with Crippen molar-refractivity contribution in [3.05, 3.63) is 0 Å². The Kier molecular flexibility index (Phi) is 4.45. The van der Waals surface area contributed by atoms with Crippen molar-refractivity contribution in [1.82, 2.24) is 9.80 Å². The van der Waals surface area contributed by atoms with Gasteiger partial charge in [0.05, 0.1) is 6.54 Å². The molecule has 0 spiro atoms. The van der Waals surface area contributed by atoms with Crippen molar-refractivity contribution in [3.63, 3.8) is 0 Å². The monoisotopic (exact) mass is 268 g/mol. The fourth-order valence-corrected chi connectivity index (χ4v) is 2.85. The molecule has 5 nitrogen and oxygen atoms in total. The lowest BCUT2D eigenvalue weighted by Gasteiger charge is -2.36. The fourth-order valence-electron chi connectivity index (χ4n) is 2.85. The third kappa shape index (κ3) is 3.47. The zero-order chi connectivity index (χ0) is 14.0. The Morgan fingerprint density at radius 1 is 1.32 bits per heavy atom. The Bertz CT molecular complexity index is 355. The van der Waals surface area contributed by atoms with Gasteiger partial charge in [0, 0.05) is 18.6 Å². The number of carboxylic acid groups (broad SMARTS) is 1. The van der Waals surface area contributed by atoms with E-state index in [1.807, 2.05) is 9.80 Å². The molecule has 0 aromatic rings. The molecule has 1 saturated carbocycles. The fraction of sp³-hybridized carbons (Fsp3) is 0.857. The molecule has 2 unspecified atom stereocenters. The minimum absolute atomic E-state index is 0.0900. The third-order valence-corrected chi connectivity index (χ3v) is 4.31. The maximum atomic E-state index is 12.4. The van der Waals surface area contributed by atoms with E-state index in [-0.39, 0.29) is 18.5 Å². The molecule has 2 aliphatic rings. The minimum atomic E-state index is -0.841. The van der Waals surface area contributed by atoms with Crippen LogP contribution in [-0.2, 0) is 9.59 Å². The predicted molar refractivity (Wildman–Crippen MR) is 71.9 cm³/mol. The van der Waals surface area contributed by atoms with Gasteiger partial charge in [-0.25, -0.2) is 0 Å². The van der Waals surface area contributed by atoms with Crippen LogP contribution in [0.25, 0.3) is 0 Å². The first-order valence-corrected chi connectivity index (χ1v) is 7.28. The van der Waals surface area contributed by atoms with E-state index in [1.165, 1.54) is 6.42 Å². The Labute approximate surface area is 114 Å². The van der Waals surface area contributed by atoms with Gasteiger partial charge < -0.3 is 10.0 Å². The molecule has 2 fully saturated rings. The SMILES string of the molecule is CC1CCCCN1C(=O)CN(C1CC1)C(C)C(=O)O. The Hall–Kier alpha value is -1.10. The summed E-state index contributed by atoms with van der Waals surface area (Å²) in [5.41, 5.74) is 0. The van der Waals surface area contributed by atoms with Crippen molar-refractivity contribution in [2.75, 3.05) is 13.1 Å². The zero-order valence-electron chi connectivity index (χ0n) is 11.8. The second-order valence-electron chi connectivity index (χ2n) is 5.85. The lowest BCUT2D eigenvalue weighted by Crippen LogP contribution is -2.50. The normalized spacial score (nSPS) is 25.4. The zero-order valence-corrected chi connectivity index (χ0v) is 11.8. The van der Waals surface area contributed by atoms with Crippen molar-refractivity contribution < 1.29 is 14.7 Å². The lowest BCUT2D eigenvalue weighted by molar-refractivity contribution is -0.145. The summed E-state index contributed by atoms with van der Waals surface area (Å²) in [7, 11) is 0. The van der Waals surface area contributed by atoms with Crippen molar-refractivity contribution >= 4 is 11.9 Å². The summed E-state index contributed by atoms with van der Waals surface area (Å²) in [6.07, 6.45) is 5.33. The second-order valence-corrected chi connectivity index (χ2v) is 5.85. The van der Waals surface area contributed by atoms with E-state index in [1.54, 1.807) is 6.92 Å². The van der Waals surface area contributed by atoms with Crippen LogP contribution in [0.5, 0.6) is 0 Å². The van der Waals surface area contributed by atoms with Crippen molar-refractivity contribution in [1.29, 1.82) is 0 Å². The molecule has 1 heterocycles. The van der Waals surface area contributed by atoms with Gasteiger partial charge in [0.25, 0.3) is 0 Å². The molecule has 0 bridgehead atoms. The van der Waals surface area contributed by atoms with Gasteiger partial charge in [0.2, 0.25) is 5.91 Å². The van der Waals surface area contributed by atoms with E-state index >= 15 is 0 Å². The smallest absolute Gasteiger partial charge is 0.320 e. The Morgan fingerprint density at radius 3 is 2.53 bits per heavy atom. The molecule has 19 heavy (non-hydrogen) atoms. The molecule has 1 saturated heterocycles. The van der Waals surface area contributed by atoms with E-state index in [0.29, 0.717) is 6.04 Å². The highest BCUT2D eigenvalue weighted by molar-refractivity contribution is 5.80. The van der Waals surface area contributed by atoms with Gasteiger partial charge in [-0.1, -0.05) is 0 Å². The molecule has 5 heteroatoms. The molecule has 2 rings (SSSR count). The van der Waals surface area contributed by atoms with Gasteiger partial charge in [-0.15, -0.1) is 0 Å². The molecule has 1 aliphatic carbocycles. The number of carbonyl (C=O) groups is 2. The molecule has 0 aromatic carbocycles. The summed E-state index contributed by atoms with van der Waals surface area (Å²) in [6, 6.07) is 0.00845. The molecule has 1 amide bonds. The molecule has 1 aliphatic heterocycles. The van der Waals surface area contributed by atoms with Crippen molar-refractivity contribution in [2.45, 2.75) is 64.1 Å². The van der Waals surface area contributed by atoms with Gasteiger partial charge in [0.1, 0.15) is 6.04 Å². The summed E-state index contributed by atoms with van der Waals surface area (Å²) in [5, 5.41) is 9.14. The molecule has 108 valence electrons. The molecule has 1 N–H and O–H groups in total. The van der Waals surface area contributed by atoms with Crippen LogP contribution < -0.4 is 0 Å². The summed E-state index contributed by atoms with van der Waals surface area (Å²) in [5.74, 6) is -0.751. The number of likely N-dealkylation sites (tertiary alicyclic amines) is 1. The number of amides is 1. The van der Waals surface area contributed by atoms with E-state index in [2.05, 4.69) is 6.92 Å². The quantitative estimate of drug-likeness (QED) is 0.817. The number of nitrogens with zero attached hydrogens (tertiary/aromatic N) is 2. The van der Waals surface area contributed by atoms with Gasteiger partial charge in [-0.2, -0.15) is 0 Å². The Morgan fingerprint density at radius 2 is 2.00 bits per heavy atom. The van der Waals surface area contributed by atoms with Crippen molar-refractivity contribution in [2.24, 2.45) is 0 Å². The first-order chi connectivity index (χ1) is 9.00. The molecule has 0 aromatic heterocycles. The molecule has 2 atom stereocenters. The van der Waals surface area contributed by atoms with E-state index in [9.17, 15) is 9.59 Å². The second kappa shape index (κ2) is 5.90. The largest absolute Gasteiger partial charge is 0.480 e. The average Bonchev–Trinajstić information content (AvgIpc) is 3.19. The van der Waals surface area contributed by atoms with Crippen LogP contribution in [0.2, 0.25) is 0 Å². The molecule has 0 radical (unpaired) electrons. The van der Waals surface area contributed by atoms with Crippen LogP contribution in [-0.4, -0.2) is 58.0 Å². The lowest BCUT2D eigenvalue weighted by atomic mass is 10.0. The minimum Gasteiger partial charge on any atom is -0.480 e. The standard InChI is InChI=1S/C14H24N2O3/c1-10-5-3-4-8-15(10)13(17)9-16(12-6-7-12)11(2)14(18)19/h10-12H,3-9H2,1-2H3,(H,18,19). The van der Waals surface area contributed by atoms with Gasteiger partial charge >= 0.3 is 5.97 Å². The Balaban J connectivity index is 1.96. The number of piperidine rings is 1. The van der Waals surface area contributed by atoms with Crippen LogP contribution in [0.4, 0.5) is 0 Å². The number of hydrogen-bond donors (Lipinski definition) is 1. The van der Waals surface area contributed by atoms with Crippen LogP contribution in [0.1, 0.15) is 46.0 Å². The van der Waals surface area contributed by atoms with E-state index in [0.717, 1.165) is 32.2 Å². The van der Waals surface area contributed by atoms with Crippen LogP contribution >= 0.6 is 0 Å². The number of hydrogen-bond acceptors (Lipinski definition) is 3. The van der Waals surface area contributed by atoms with Crippen molar-refractivity contribution in [3.8, 4) is 0 Å². The molecular formula is C14H24N2O3. The number of carbonyl (C=O) groups excluding carboxylic acids is 1. The summed E-state index contributed by atoms with van der Waals surface area (Å²) < 4.78 is 0. The maximum Gasteiger partial charge on any atom is 0.320 e. The van der Waals surface area contributed by atoms with E-state index in [4.69, 9.17) is 5.11 Å². The predicted octanol–water partition coefficient (Wildman–Crippen LogP) is 1.32. The number of aliphatic carboxylic acids is 1. The topological polar surface area (TPSA) is 60.9 Å². The highest BCUT2D eigenvalue weighted by atomic mass is 16.4. The summed E-state index contributed by atoms with van der Waals surface area (Å²) in [6.45, 7) is 4.83. The van der Waals surface area contributed by atoms with Crippen LogP contribution in [0, 0.1) is 0 Å². The maximum absolute atomic E-state index is 12.4. The summed E-state index contributed by atoms with van der Waals surface area (Å²) in [4.78, 5) is 27.3. The summed E-state index contributed by atoms with van der Waals surface area (Å²) >= 11 is 0. The number of carboxylic acids is 1. The first kappa shape index (κ1) is 14.3. The number of rotatable bonds is 5. The van der Waals surface area contributed by atoms with E-state index < -0.39 is 12.0 Å².